The molecule has 2 heterocycles. The largest absolute Gasteiger partial charge is 0.490 e. The summed E-state index contributed by atoms with van der Waals surface area (Å²) < 4.78 is 51.9. The van der Waals surface area contributed by atoms with Gasteiger partial charge in [0.05, 0.1) is 12.7 Å². The Bertz CT molecular complexity index is 820. The zero-order chi connectivity index (χ0) is 22.3. The molecule has 168 valence electrons. The molecule has 15 heteroatoms. The number of rotatable bonds is 8. The van der Waals surface area contributed by atoms with Gasteiger partial charge in [0.1, 0.15) is 6.23 Å². The minimum atomic E-state index is -5.54. The van der Waals surface area contributed by atoms with Crippen LogP contribution in [0.5, 0.6) is 0 Å². The van der Waals surface area contributed by atoms with Crippen molar-refractivity contribution in [3.63, 3.8) is 0 Å². The van der Waals surface area contributed by atoms with E-state index in [0.29, 0.717) is 6.42 Å². The van der Waals surface area contributed by atoms with Crippen LogP contribution in [0.25, 0.3) is 0 Å². The van der Waals surface area contributed by atoms with Crippen molar-refractivity contribution in [2.45, 2.75) is 52.4 Å². The molecule has 0 aliphatic carbocycles. The van der Waals surface area contributed by atoms with Crippen molar-refractivity contribution in [3.05, 3.63) is 24.0 Å². The molecule has 4 atom stereocenters. The number of hydrogen-bond acceptors (Lipinski definition) is 8. The quantitative estimate of drug-likeness (QED) is 0.377. The summed E-state index contributed by atoms with van der Waals surface area (Å²) in [6.07, 6.45) is 3.01. The fourth-order valence-corrected chi connectivity index (χ4v) is 6.27. The van der Waals surface area contributed by atoms with E-state index in [2.05, 4.69) is 19.7 Å². The van der Waals surface area contributed by atoms with Gasteiger partial charge in [-0.25, -0.2) is 13.7 Å². The monoisotopic (exact) mass is 477 g/mol. The van der Waals surface area contributed by atoms with Gasteiger partial charge in [0.25, 0.3) is 0 Å². The maximum Gasteiger partial charge on any atom is 0.490 e. The minimum Gasteiger partial charge on any atom is -0.352 e. The van der Waals surface area contributed by atoms with E-state index in [1.807, 2.05) is 31.9 Å². The highest BCUT2D eigenvalue weighted by atomic mass is 31.3. The number of ether oxygens (including phenoxy) is 1. The lowest BCUT2D eigenvalue weighted by Crippen LogP contribution is -2.40. The average Bonchev–Trinajstić information content (AvgIpc) is 2.79. The fourth-order valence-electron chi connectivity index (χ4n) is 3.22. The minimum absolute atomic E-state index is 0.374. The Morgan fingerprint density at radius 1 is 1.17 bits per heavy atom. The van der Waals surface area contributed by atoms with Crippen LogP contribution in [0, 0.1) is 5.41 Å². The van der Waals surface area contributed by atoms with Crippen molar-refractivity contribution in [1.82, 2.24) is 4.90 Å². The van der Waals surface area contributed by atoms with Crippen molar-refractivity contribution >= 4 is 23.5 Å². The summed E-state index contributed by atoms with van der Waals surface area (Å²) in [6, 6.07) is 0. The van der Waals surface area contributed by atoms with Gasteiger partial charge in [-0.05, 0) is 26.2 Å². The van der Waals surface area contributed by atoms with Gasteiger partial charge in [-0.15, -0.1) is 0 Å². The van der Waals surface area contributed by atoms with Gasteiger partial charge >= 0.3 is 23.5 Å². The van der Waals surface area contributed by atoms with E-state index in [-0.39, 0.29) is 5.41 Å². The molecule has 0 bridgehead atoms. The van der Waals surface area contributed by atoms with Crippen LogP contribution in [0.3, 0.4) is 0 Å². The Morgan fingerprint density at radius 3 is 2.38 bits per heavy atom. The maximum absolute atomic E-state index is 11.9. The van der Waals surface area contributed by atoms with Crippen LogP contribution >= 0.6 is 23.5 Å². The molecular formula is C14H26NO11P3. The lowest BCUT2D eigenvalue weighted by Gasteiger charge is -2.39. The number of phosphoric acid groups is 3. The molecule has 0 radical (unpaired) electrons. The second-order valence-corrected chi connectivity index (χ2v) is 12.1. The average molecular weight is 477 g/mol. The Balaban J connectivity index is 2.00. The molecule has 0 aromatic heterocycles. The van der Waals surface area contributed by atoms with E-state index in [1.165, 1.54) is 0 Å². The Hall–Kier alpha value is -0.350. The summed E-state index contributed by atoms with van der Waals surface area (Å²) in [5.41, 5.74) is 1.66. The SMILES string of the molecule is C=C1CCC(C)=CN1C1OC(COP(=O)(O)OP(=O)(O)OP(=O)(O)O)CC1(C)C. The molecule has 1 saturated heterocycles. The summed E-state index contributed by atoms with van der Waals surface area (Å²) in [6.45, 7) is 9.48. The smallest absolute Gasteiger partial charge is 0.352 e. The molecule has 0 spiro atoms. The molecule has 0 saturated carbocycles. The van der Waals surface area contributed by atoms with Crippen molar-refractivity contribution in [2.75, 3.05) is 6.61 Å². The first-order valence-corrected chi connectivity index (χ1v) is 13.1. The van der Waals surface area contributed by atoms with Crippen molar-refractivity contribution < 1.29 is 51.2 Å². The molecule has 0 aromatic carbocycles. The third kappa shape index (κ3) is 7.38. The van der Waals surface area contributed by atoms with Gasteiger partial charge in [0.2, 0.25) is 0 Å². The normalized spacial score (nSPS) is 29.3. The highest BCUT2D eigenvalue weighted by Gasteiger charge is 2.47. The molecule has 4 N–H and O–H groups in total. The second-order valence-electron chi connectivity index (χ2n) is 7.64. The first kappa shape index (κ1) is 24.9. The molecule has 29 heavy (non-hydrogen) atoms. The molecular weight excluding hydrogens is 451 g/mol. The van der Waals surface area contributed by atoms with E-state index in [9.17, 15) is 23.5 Å². The summed E-state index contributed by atoms with van der Waals surface area (Å²) in [5, 5.41) is 0. The summed E-state index contributed by atoms with van der Waals surface area (Å²) in [4.78, 5) is 37.7. The van der Waals surface area contributed by atoms with E-state index in [0.717, 1.165) is 24.1 Å². The zero-order valence-electron chi connectivity index (χ0n) is 16.2. The van der Waals surface area contributed by atoms with Crippen LogP contribution in [0.2, 0.25) is 0 Å². The summed E-state index contributed by atoms with van der Waals surface area (Å²) in [5.74, 6) is 0. The van der Waals surface area contributed by atoms with Gasteiger partial charge in [0, 0.05) is 17.3 Å². The molecule has 2 aliphatic heterocycles. The van der Waals surface area contributed by atoms with Gasteiger partial charge in [-0.1, -0.05) is 26.0 Å². The second kappa shape index (κ2) is 8.65. The topological polar surface area (TPSA) is 172 Å². The molecule has 4 unspecified atom stereocenters. The van der Waals surface area contributed by atoms with Crippen LogP contribution < -0.4 is 0 Å². The van der Waals surface area contributed by atoms with Crippen LogP contribution in [-0.4, -0.2) is 43.4 Å². The van der Waals surface area contributed by atoms with E-state index in [1.54, 1.807) is 0 Å². The summed E-state index contributed by atoms with van der Waals surface area (Å²) >= 11 is 0. The van der Waals surface area contributed by atoms with Gasteiger partial charge in [-0.2, -0.15) is 8.62 Å². The van der Waals surface area contributed by atoms with Crippen molar-refractivity contribution in [3.8, 4) is 0 Å². The molecule has 12 nitrogen and oxygen atoms in total. The summed E-state index contributed by atoms with van der Waals surface area (Å²) in [7, 11) is -16.1. The predicted octanol–water partition coefficient (Wildman–Crippen LogP) is 2.98. The van der Waals surface area contributed by atoms with Crippen LogP contribution in [-0.2, 0) is 31.6 Å². The lowest BCUT2D eigenvalue weighted by atomic mass is 9.86. The number of nitrogens with zero attached hydrogens (tertiary/aromatic N) is 1. The Labute approximate surface area is 168 Å². The third-order valence-corrected chi connectivity index (χ3v) is 8.17. The van der Waals surface area contributed by atoms with Crippen molar-refractivity contribution in [2.24, 2.45) is 5.41 Å². The predicted molar refractivity (Wildman–Crippen MR) is 101 cm³/mol. The van der Waals surface area contributed by atoms with Crippen LogP contribution in [0.1, 0.15) is 40.0 Å². The van der Waals surface area contributed by atoms with Crippen LogP contribution in [0.4, 0.5) is 0 Å². The fraction of sp³-hybridized carbons (Fsp3) is 0.714. The molecule has 1 fully saturated rings. The van der Waals surface area contributed by atoms with Crippen LogP contribution in [0.15, 0.2) is 24.0 Å². The number of phosphoric ester groups is 1. The maximum atomic E-state index is 11.9. The first-order chi connectivity index (χ1) is 13.0. The van der Waals surface area contributed by atoms with E-state index in [4.69, 9.17) is 14.5 Å². The highest BCUT2D eigenvalue weighted by Crippen LogP contribution is 2.66. The molecule has 2 aliphatic rings. The lowest BCUT2D eigenvalue weighted by molar-refractivity contribution is -0.0666. The molecule has 2 rings (SSSR count). The number of hydrogen-bond donors (Lipinski definition) is 4. The van der Waals surface area contributed by atoms with Gasteiger partial charge in [-0.3, -0.25) is 4.52 Å². The molecule has 0 aromatic rings. The highest BCUT2D eigenvalue weighted by molar-refractivity contribution is 7.66. The zero-order valence-corrected chi connectivity index (χ0v) is 18.9. The Morgan fingerprint density at radius 2 is 1.79 bits per heavy atom. The van der Waals surface area contributed by atoms with E-state index < -0.39 is 42.4 Å². The van der Waals surface area contributed by atoms with Crippen molar-refractivity contribution in [1.29, 1.82) is 0 Å². The van der Waals surface area contributed by atoms with Gasteiger partial charge in [0.15, 0.2) is 0 Å². The first-order valence-electron chi connectivity index (χ1n) is 8.57. The van der Waals surface area contributed by atoms with E-state index >= 15 is 0 Å². The number of allylic oxidation sites excluding steroid dienone is 2. The standard InChI is InChI=1S/C14H26NO11P3/c1-10-5-6-11(2)15(8-10)13-14(3,4)7-12(24-13)9-23-28(19,20)26-29(21,22)25-27(16,17)18/h8,12-13H,2,5-7,9H2,1,3-4H3,(H,19,20)(H,21,22)(H2,16,17,18). The molecule has 0 amide bonds. The Kier molecular flexibility index (Phi) is 7.43. The van der Waals surface area contributed by atoms with Gasteiger partial charge < -0.3 is 29.2 Å². The third-order valence-electron chi connectivity index (χ3n) is 4.37.